The first-order valence-electron chi connectivity index (χ1n) is 6.87. The van der Waals surface area contributed by atoms with Crippen LogP contribution in [-0.2, 0) is 0 Å². The zero-order chi connectivity index (χ0) is 16.8. The van der Waals surface area contributed by atoms with Crippen molar-refractivity contribution >= 4 is 22.3 Å². The van der Waals surface area contributed by atoms with Crippen LogP contribution in [0.5, 0.6) is 0 Å². The molecule has 3 atom stereocenters. The number of benzene rings is 1. The highest BCUT2D eigenvalue weighted by Crippen LogP contribution is 2.19. The number of rotatable bonds is 7. The van der Waals surface area contributed by atoms with E-state index in [0.717, 1.165) is 10.8 Å². The molecule has 0 saturated carbocycles. The number of nitrogens with zero attached hydrogens (tertiary/aromatic N) is 3. The maximum Gasteiger partial charge on any atom is 0.176 e. The summed E-state index contributed by atoms with van der Waals surface area (Å²) in [7, 11) is 0. The van der Waals surface area contributed by atoms with Crippen molar-refractivity contribution < 1.29 is 25.5 Å². The second kappa shape index (κ2) is 7.90. The topological polar surface area (TPSA) is 151 Å². The van der Waals surface area contributed by atoms with Gasteiger partial charge in [-0.1, -0.05) is 24.3 Å². The van der Waals surface area contributed by atoms with Gasteiger partial charge in [0.2, 0.25) is 0 Å². The lowest BCUT2D eigenvalue weighted by Gasteiger charge is -2.22. The summed E-state index contributed by atoms with van der Waals surface area (Å²) < 4.78 is 0. The second-order valence-electron chi connectivity index (χ2n) is 4.84. The fourth-order valence-corrected chi connectivity index (χ4v) is 1.95. The molecule has 1 heterocycles. The van der Waals surface area contributed by atoms with Gasteiger partial charge in [0.15, 0.2) is 5.82 Å². The van der Waals surface area contributed by atoms with Crippen LogP contribution in [0.2, 0.25) is 0 Å². The van der Waals surface area contributed by atoms with Crippen LogP contribution in [0.4, 0.5) is 5.82 Å². The van der Waals surface area contributed by atoms with Crippen LogP contribution in [0, 0.1) is 0 Å². The minimum Gasteiger partial charge on any atom is -0.394 e. The molecule has 23 heavy (non-hydrogen) atoms. The molecule has 0 amide bonds. The summed E-state index contributed by atoms with van der Waals surface area (Å²) in [5.41, 5.74) is 2.35. The molecule has 1 aromatic heterocycles. The van der Waals surface area contributed by atoms with Gasteiger partial charge in [-0.15, -0.1) is 5.10 Å². The van der Waals surface area contributed by atoms with E-state index in [4.69, 9.17) is 5.11 Å². The predicted molar refractivity (Wildman–Crippen MR) is 82.8 cm³/mol. The maximum absolute atomic E-state index is 9.88. The average Bonchev–Trinajstić information content (AvgIpc) is 2.60. The average molecular weight is 322 g/mol. The summed E-state index contributed by atoms with van der Waals surface area (Å²) in [4.78, 5) is 0. The molecule has 124 valence electrons. The molecule has 9 nitrogen and oxygen atoms in total. The number of fused-ring (bicyclic) bond motifs is 1. The molecule has 2 aromatic rings. The summed E-state index contributed by atoms with van der Waals surface area (Å²) in [6.07, 6.45) is -3.32. The first-order chi connectivity index (χ1) is 11.1. The Labute approximate surface area is 131 Å². The lowest BCUT2D eigenvalue weighted by molar-refractivity contribution is -0.0564. The van der Waals surface area contributed by atoms with Gasteiger partial charge in [-0.25, -0.2) is 0 Å². The van der Waals surface area contributed by atoms with Crippen LogP contribution in [-0.4, -0.2) is 73.0 Å². The van der Waals surface area contributed by atoms with Gasteiger partial charge in [0.05, 0.1) is 25.1 Å². The van der Waals surface area contributed by atoms with Gasteiger partial charge in [0, 0.05) is 10.8 Å². The van der Waals surface area contributed by atoms with E-state index in [9.17, 15) is 20.4 Å². The van der Waals surface area contributed by atoms with Gasteiger partial charge in [0.1, 0.15) is 18.3 Å². The third kappa shape index (κ3) is 3.97. The lowest BCUT2D eigenvalue weighted by atomic mass is 10.0. The van der Waals surface area contributed by atoms with Crippen molar-refractivity contribution in [1.29, 1.82) is 0 Å². The van der Waals surface area contributed by atoms with Crippen LogP contribution in [0.15, 0.2) is 35.6 Å². The highest BCUT2D eigenvalue weighted by molar-refractivity contribution is 5.93. The zero-order valence-electron chi connectivity index (χ0n) is 12.1. The molecule has 0 aliphatic heterocycles. The number of anilines is 1. The Kier molecular flexibility index (Phi) is 5.90. The zero-order valence-corrected chi connectivity index (χ0v) is 12.1. The van der Waals surface area contributed by atoms with E-state index >= 15 is 0 Å². The number of aliphatic hydroxyl groups is 5. The lowest BCUT2D eigenvalue weighted by Crippen LogP contribution is -2.45. The van der Waals surface area contributed by atoms with Gasteiger partial charge in [-0.2, -0.15) is 10.2 Å². The standard InChI is InChI=1S/C14H18N4O5/c19-6-10(12(22)13(23)11(21)7-20)16-18-14-9-4-2-1-3-8(9)5-15-17-14/h1-5,11-13,19-23H,6-7H2,(H,17,18)/b16-10+. The fraction of sp³-hybridized carbons (Fsp3) is 0.357. The molecule has 1 aromatic carbocycles. The second-order valence-corrected chi connectivity index (χ2v) is 4.84. The first-order valence-corrected chi connectivity index (χ1v) is 6.87. The summed E-state index contributed by atoms with van der Waals surface area (Å²) in [6.45, 7) is -1.40. The van der Waals surface area contributed by atoms with Crippen molar-refractivity contribution in [3.05, 3.63) is 30.5 Å². The Bertz CT molecular complexity index is 676. The van der Waals surface area contributed by atoms with Crippen LogP contribution < -0.4 is 5.43 Å². The molecule has 2 rings (SSSR count). The van der Waals surface area contributed by atoms with Crippen molar-refractivity contribution in [2.24, 2.45) is 5.10 Å². The SMILES string of the molecule is OC/C(=N\Nc1nncc2ccccc12)C(O)C(O)C(O)CO. The number of nitrogens with one attached hydrogen (secondary N) is 1. The summed E-state index contributed by atoms with van der Waals surface area (Å²) in [5, 5.41) is 60.0. The number of aromatic nitrogens is 2. The smallest absolute Gasteiger partial charge is 0.176 e. The number of hydrogen-bond donors (Lipinski definition) is 6. The van der Waals surface area contributed by atoms with Crippen molar-refractivity contribution in [2.45, 2.75) is 18.3 Å². The molecular weight excluding hydrogens is 304 g/mol. The minimum absolute atomic E-state index is 0.222. The predicted octanol–water partition coefficient (Wildman–Crippen LogP) is -1.54. The Hall–Kier alpha value is -2.17. The van der Waals surface area contributed by atoms with E-state index in [-0.39, 0.29) is 5.71 Å². The first kappa shape index (κ1) is 17.2. The summed E-state index contributed by atoms with van der Waals surface area (Å²) in [5.74, 6) is 0.304. The van der Waals surface area contributed by atoms with Crippen LogP contribution in [0.25, 0.3) is 10.8 Å². The third-order valence-electron chi connectivity index (χ3n) is 3.28. The third-order valence-corrected chi connectivity index (χ3v) is 3.28. The van der Waals surface area contributed by atoms with Crippen molar-refractivity contribution in [1.82, 2.24) is 10.2 Å². The monoisotopic (exact) mass is 322 g/mol. The Morgan fingerprint density at radius 3 is 2.61 bits per heavy atom. The van der Waals surface area contributed by atoms with Gasteiger partial charge < -0.3 is 25.5 Å². The van der Waals surface area contributed by atoms with E-state index in [1.54, 1.807) is 12.3 Å². The van der Waals surface area contributed by atoms with Crippen LogP contribution >= 0.6 is 0 Å². The molecule has 0 radical (unpaired) electrons. The maximum atomic E-state index is 9.88. The van der Waals surface area contributed by atoms with E-state index in [0.29, 0.717) is 5.82 Å². The quantitative estimate of drug-likeness (QED) is 0.265. The molecule has 6 N–H and O–H groups in total. The molecule has 3 unspecified atom stereocenters. The minimum atomic E-state index is -1.69. The molecular formula is C14H18N4O5. The van der Waals surface area contributed by atoms with Crippen LogP contribution in [0.1, 0.15) is 0 Å². The molecule has 0 aliphatic carbocycles. The van der Waals surface area contributed by atoms with Crippen LogP contribution in [0.3, 0.4) is 0 Å². The van der Waals surface area contributed by atoms with Crippen molar-refractivity contribution in [3.8, 4) is 0 Å². The summed E-state index contributed by atoms with van der Waals surface area (Å²) in [6, 6.07) is 7.28. The number of aliphatic hydroxyl groups excluding tert-OH is 5. The normalized spacial score (nSPS) is 16.1. The summed E-state index contributed by atoms with van der Waals surface area (Å²) >= 11 is 0. The molecule has 0 bridgehead atoms. The highest BCUT2D eigenvalue weighted by atomic mass is 16.4. The molecule has 0 saturated heterocycles. The molecule has 0 aliphatic rings. The van der Waals surface area contributed by atoms with Crippen molar-refractivity contribution in [2.75, 3.05) is 18.6 Å². The van der Waals surface area contributed by atoms with E-state index < -0.39 is 31.5 Å². The van der Waals surface area contributed by atoms with Crippen molar-refractivity contribution in [3.63, 3.8) is 0 Å². The Morgan fingerprint density at radius 2 is 1.91 bits per heavy atom. The van der Waals surface area contributed by atoms with E-state index in [1.165, 1.54) is 0 Å². The Morgan fingerprint density at radius 1 is 1.17 bits per heavy atom. The molecule has 0 spiro atoms. The molecule has 0 fully saturated rings. The fourth-order valence-electron chi connectivity index (χ4n) is 1.95. The number of hydrazone groups is 1. The van der Waals surface area contributed by atoms with Gasteiger partial charge in [0.25, 0.3) is 0 Å². The van der Waals surface area contributed by atoms with E-state index in [1.807, 2.05) is 18.2 Å². The largest absolute Gasteiger partial charge is 0.394 e. The van der Waals surface area contributed by atoms with Gasteiger partial charge in [-0.05, 0) is 0 Å². The Balaban J connectivity index is 2.21. The van der Waals surface area contributed by atoms with Gasteiger partial charge in [-0.3, -0.25) is 5.43 Å². The van der Waals surface area contributed by atoms with Gasteiger partial charge >= 0.3 is 0 Å². The number of hydrogen-bond acceptors (Lipinski definition) is 9. The van der Waals surface area contributed by atoms with E-state index in [2.05, 4.69) is 20.7 Å². The molecule has 9 heteroatoms. The highest BCUT2D eigenvalue weighted by Gasteiger charge is 2.28.